The van der Waals surface area contributed by atoms with Crippen LogP contribution in [0.2, 0.25) is 0 Å². The Morgan fingerprint density at radius 3 is 2.61 bits per heavy atom. The van der Waals surface area contributed by atoms with Crippen molar-refractivity contribution >= 4 is 31.7 Å². The summed E-state index contributed by atoms with van der Waals surface area (Å²) in [7, 11) is -1.66. The molecule has 0 saturated heterocycles. The molecule has 18 heavy (non-hydrogen) atoms. The number of hydrogen-bond donors (Lipinski definition) is 0. The van der Waals surface area contributed by atoms with Gasteiger partial charge in [0.05, 0.1) is 15.8 Å². The SMILES string of the molecule is CN(CCS(C)(=O)=O)C(=O)c1cccc(F)c1Br. The van der Waals surface area contributed by atoms with E-state index < -0.39 is 21.6 Å². The van der Waals surface area contributed by atoms with Crippen molar-refractivity contribution in [3.8, 4) is 0 Å². The van der Waals surface area contributed by atoms with Gasteiger partial charge in [-0.05, 0) is 28.1 Å². The zero-order valence-corrected chi connectivity index (χ0v) is 12.4. The predicted octanol–water partition coefficient (Wildman–Crippen LogP) is 1.70. The molecule has 0 radical (unpaired) electrons. The molecule has 0 aliphatic rings. The van der Waals surface area contributed by atoms with Crippen LogP contribution in [0.3, 0.4) is 0 Å². The Labute approximate surface area is 114 Å². The van der Waals surface area contributed by atoms with Crippen molar-refractivity contribution in [3.05, 3.63) is 34.1 Å². The minimum Gasteiger partial charge on any atom is -0.341 e. The molecule has 0 aliphatic carbocycles. The van der Waals surface area contributed by atoms with E-state index in [4.69, 9.17) is 0 Å². The van der Waals surface area contributed by atoms with Crippen molar-refractivity contribution < 1.29 is 17.6 Å². The number of amides is 1. The first-order chi connectivity index (χ1) is 8.22. The van der Waals surface area contributed by atoms with Crippen LogP contribution >= 0.6 is 15.9 Å². The lowest BCUT2D eigenvalue weighted by molar-refractivity contribution is 0.0802. The lowest BCUT2D eigenvalue weighted by atomic mass is 10.2. The molecule has 1 aromatic rings. The average Bonchev–Trinajstić information content (AvgIpc) is 2.28. The van der Waals surface area contributed by atoms with Gasteiger partial charge in [-0.2, -0.15) is 0 Å². The minimum atomic E-state index is -3.13. The van der Waals surface area contributed by atoms with Gasteiger partial charge in [0, 0.05) is 19.8 Å². The summed E-state index contributed by atoms with van der Waals surface area (Å²) in [5, 5.41) is 0. The number of carbonyl (C=O) groups excluding carboxylic acids is 1. The zero-order chi connectivity index (χ0) is 13.9. The normalized spacial score (nSPS) is 11.3. The summed E-state index contributed by atoms with van der Waals surface area (Å²) in [6.07, 6.45) is 1.10. The molecule has 0 fully saturated rings. The summed E-state index contributed by atoms with van der Waals surface area (Å²) in [5.41, 5.74) is 0.172. The van der Waals surface area contributed by atoms with Gasteiger partial charge in [-0.15, -0.1) is 0 Å². The second-order valence-electron chi connectivity index (χ2n) is 3.96. The van der Waals surface area contributed by atoms with Gasteiger partial charge in [-0.25, -0.2) is 12.8 Å². The van der Waals surface area contributed by atoms with Crippen molar-refractivity contribution in [3.63, 3.8) is 0 Å². The number of nitrogens with zero attached hydrogens (tertiary/aromatic N) is 1. The van der Waals surface area contributed by atoms with E-state index in [1.807, 2.05) is 0 Å². The molecule has 0 atom stereocenters. The zero-order valence-electron chi connectivity index (χ0n) is 9.98. The topological polar surface area (TPSA) is 54.5 Å². The third-order valence-corrected chi connectivity index (χ3v) is 4.06. The second kappa shape index (κ2) is 5.79. The molecule has 0 N–H and O–H groups in total. The Morgan fingerprint density at radius 1 is 1.44 bits per heavy atom. The molecule has 0 aliphatic heterocycles. The lowest BCUT2D eigenvalue weighted by Crippen LogP contribution is -2.31. The van der Waals surface area contributed by atoms with E-state index >= 15 is 0 Å². The maximum Gasteiger partial charge on any atom is 0.254 e. The third-order valence-electron chi connectivity index (χ3n) is 2.33. The predicted molar refractivity (Wildman–Crippen MR) is 70.8 cm³/mol. The molecule has 0 heterocycles. The quantitative estimate of drug-likeness (QED) is 0.840. The highest BCUT2D eigenvalue weighted by atomic mass is 79.9. The van der Waals surface area contributed by atoms with Crippen molar-refractivity contribution in [1.82, 2.24) is 4.90 Å². The van der Waals surface area contributed by atoms with Gasteiger partial charge in [0.2, 0.25) is 0 Å². The van der Waals surface area contributed by atoms with Crippen LogP contribution in [0.25, 0.3) is 0 Å². The number of sulfone groups is 1. The molecule has 1 amide bonds. The number of hydrogen-bond acceptors (Lipinski definition) is 3. The Kier molecular flexibility index (Phi) is 4.86. The van der Waals surface area contributed by atoms with E-state index in [0.29, 0.717) is 0 Å². The van der Waals surface area contributed by atoms with Crippen LogP contribution in [0.5, 0.6) is 0 Å². The molecular weight excluding hydrogens is 325 g/mol. The van der Waals surface area contributed by atoms with Crippen LogP contribution in [-0.4, -0.2) is 44.8 Å². The highest BCUT2D eigenvalue weighted by Crippen LogP contribution is 2.21. The standard InChI is InChI=1S/C11H13BrFNO3S/c1-14(6-7-18(2,16)17)11(15)8-4-3-5-9(13)10(8)12/h3-5H,6-7H2,1-2H3. The maximum atomic E-state index is 13.3. The fraction of sp³-hybridized carbons (Fsp3) is 0.364. The number of benzene rings is 1. The Morgan fingerprint density at radius 2 is 2.06 bits per heavy atom. The summed E-state index contributed by atoms with van der Waals surface area (Å²) in [5.74, 6) is -1.08. The van der Waals surface area contributed by atoms with Gasteiger partial charge >= 0.3 is 0 Å². The van der Waals surface area contributed by atoms with E-state index in [1.165, 1.54) is 30.1 Å². The number of halogens is 2. The van der Waals surface area contributed by atoms with E-state index in [9.17, 15) is 17.6 Å². The fourth-order valence-corrected chi connectivity index (χ4v) is 2.32. The molecule has 0 unspecified atom stereocenters. The smallest absolute Gasteiger partial charge is 0.254 e. The third kappa shape index (κ3) is 4.06. The summed E-state index contributed by atoms with van der Waals surface area (Å²) in [4.78, 5) is 13.2. The Bertz CT molecular complexity index is 559. The molecular formula is C11H13BrFNO3S. The van der Waals surface area contributed by atoms with Crippen molar-refractivity contribution in [2.45, 2.75) is 0 Å². The van der Waals surface area contributed by atoms with Crippen LogP contribution in [0, 0.1) is 5.82 Å². The molecule has 0 spiro atoms. The van der Waals surface area contributed by atoms with Crippen molar-refractivity contribution in [2.24, 2.45) is 0 Å². The molecule has 0 aromatic heterocycles. The summed E-state index contributed by atoms with van der Waals surface area (Å²) < 4.78 is 35.4. The molecule has 0 bridgehead atoms. The molecule has 7 heteroatoms. The molecule has 1 aromatic carbocycles. The largest absolute Gasteiger partial charge is 0.341 e. The first kappa shape index (κ1) is 15.1. The lowest BCUT2D eigenvalue weighted by Gasteiger charge is -2.17. The van der Waals surface area contributed by atoms with Crippen LogP contribution in [0.4, 0.5) is 4.39 Å². The monoisotopic (exact) mass is 337 g/mol. The first-order valence-corrected chi connectivity index (χ1v) is 7.95. The number of rotatable bonds is 4. The van der Waals surface area contributed by atoms with Gasteiger partial charge in [0.15, 0.2) is 0 Å². The Balaban J connectivity index is 2.84. The molecule has 0 saturated carbocycles. The van der Waals surface area contributed by atoms with Crippen LogP contribution < -0.4 is 0 Å². The highest BCUT2D eigenvalue weighted by Gasteiger charge is 2.17. The number of carbonyl (C=O) groups is 1. The highest BCUT2D eigenvalue weighted by molar-refractivity contribution is 9.10. The summed E-state index contributed by atoms with van der Waals surface area (Å²) >= 11 is 3.00. The maximum absolute atomic E-state index is 13.3. The van der Waals surface area contributed by atoms with Gasteiger partial charge in [-0.3, -0.25) is 4.79 Å². The second-order valence-corrected chi connectivity index (χ2v) is 7.01. The van der Waals surface area contributed by atoms with Crippen LogP contribution in [0.15, 0.2) is 22.7 Å². The van der Waals surface area contributed by atoms with Crippen LogP contribution in [-0.2, 0) is 9.84 Å². The van der Waals surface area contributed by atoms with Gasteiger partial charge in [0.25, 0.3) is 5.91 Å². The van der Waals surface area contributed by atoms with Gasteiger partial charge < -0.3 is 4.90 Å². The average molecular weight is 338 g/mol. The van der Waals surface area contributed by atoms with Crippen molar-refractivity contribution in [2.75, 3.05) is 25.6 Å². The van der Waals surface area contributed by atoms with Crippen molar-refractivity contribution in [1.29, 1.82) is 0 Å². The van der Waals surface area contributed by atoms with E-state index in [0.717, 1.165) is 6.26 Å². The minimum absolute atomic E-state index is 0.0701. The fourth-order valence-electron chi connectivity index (χ4n) is 1.28. The first-order valence-electron chi connectivity index (χ1n) is 5.09. The van der Waals surface area contributed by atoms with E-state index in [2.05, 4.69) is 15.9 Å². The molecule has 100 valence electrons. The van der Waals surface area contributed by atoms with Crippen LogP contribution in [0.1, 0.15) is 10.4 Å². The van der Waals surface area contributed by atoms with Gasteiger partial charge in [0.1, 0.15) is 15.7 Å². The molecule has 1 rings (SSSR count). The van der Waals surface area contributed by atoms with E-state index in [1.54, 1.807) is 0 Å². The summed E-state index contributed by atoms with van der Waals surface area (Å²) in [6, 6.07) is 4.14. The molecule has 4 nitrogen and oxygen atoms in total. The van der Waals surface area contributed by atoms with E-state index in [-0.39, 0.29) is 22.3 Å². The summed E-state index contributed by atoms with van der Waals surface area (Å²) in [6.45, 7) is 0.0701. The van der Waals surface area contributed by atoms with Gasteiger partial charge in [-0.1, -0.05) is 6.07 Å². The Hall–Kier alpha value is -0.950.